The lowest BCUT2D eigenvalue weighted by Crippen LogP contribution is -2.20. The zero-order chi connectivity index (χ0) is 20.5. The van der Waals surface area contributed by atoms with Crippen molar-refractivity contribution in [1.29, 1.82) is 0 Å². The van der Waals surface area contributed by atoms with Crippen molar-refractivity contribution >= 4 is 0 Å². The zero-order valence-corrected chi connectivity index (χ0v) is 18.1. The molecule has 3 aromatic carbocycles. The van der Waals surface area contributed by atoms with E-state index < -0.39 is 0 Å². The Morgan fingerprint density at radius 2 is 1.11 bits per heavy atom. The summed E-state index contributed by atoms with van der Waals surface area (Å²) in [4.78, 5) is 0. The van der Waals surface area contributed by atoms with Gasteiger partial charge < -0.3 is 5.73 Å². The average molecular weight is 372 g/mol. The van der Waals surface area contributed by atoms with Gasteiger partial charge in [0.2, 0.25) is 0 Å². The fraction of sp³-hybridized carbons (Fsp3) is 0.333. The number of benzene rings is 3. The van der Waals surface area contributed by atoms with Gasteiger partial charge in [0.05, 0.1) is 0 Å². The number of nitrogens with two attached hydrogens (primary N) is 1. The molecule has 3 aromatic rings. The summed E-state index contributed by atoms with van der Waals surface area (Å²) in [6.07, 6.45) is 0. The highest BCUT2D eigenvalue weighted by atomic mass is 14.5. The first-order valence-electron chi connectivity index (χ1n) is 10.1. The third kappa shape index (κ3) is 4.20. The van der Waals surface area contributed by atoms with E-state index in [9.17, 15) is 0 Å². The fourth-order valence-electron chi connectivity index (χ4n) is 3.84. The molecule has 1 heteroatoms. The molecule has 3 rings (SSSR count). The summed E-state index contributed by atoms with van der Waals surface area (Å²) in [5, 5.41) is 0. The van der Waals surface area contributed by atoms with Crippen LogP contribution in [0.1, 0.15) is 58.2 Å². The maximum atomic E-state index is 6.15. The molecule has 146 valence electrons. The lowest BCUT2D eigenvalue weighted by atomic mass is 9.75. The molecule has 0 heterocycles. The molecular formula is C27H33N. The van der Waals surface area contributed by atoms with E-state index in [2.05, 4.69) is 108 Å². The van der Waals surface area contributed by atoms with Gasteiger partial charge in [-0.15, -0.1) is 0 Å². The number of hydrogen-bond acceptors (Lipinski definition) is 1. The molecular weight excluding hydrogens is 338 g/mol. The molecule has 1 nitrogen and oxygen atoms in total. The van der Waals surface area contributed by atoms with Crippen molar-refractivity contribution in [3.05, 3.63) is 83.4 Å². The van der Waals surface area contributed by atoms with Crippen molar-refractivity contribution in [2.24, 2.45) is 5.73 Å². The predicted octanol–water partition coefficient (Wildman–Crippen LogP) is 7.07. The Morgan fingerprint density at radius 1 is 0.607 bits per heavy atom. The summed E-state index contributed by atoms with van der Waals surface area (Å²) in [5.41, 5.74) is 15.3. The van der Waals surface area contributed by atoms with Gasteiger partial charge in [-0.25, -0.2) is 0 Å². The Bertz CT molecular complexity index is 937. The Balaban J connectivity index is 2.15. The van der Waals surface area contributed by atoms with Crippen LogP contribution in [0.25, 0.3) is 22.3 Å². The van der Waals surface area contributed by atoms with Gasteiger partial charge in [0.1, 0.15) is 0 Å². The normalized spacial score (nSPS) is 12.2. The van der Waals surface area contributed by atoms with Gasteiger partial charge in [0, 0.05) is 6.54 Å². The standard InChI is InChI=1S/C27H33N/c1-26(2,3)24-17-25(27(4,5)6)23(16-22(24)18-28)21-14-12-20(13-15-21)19-10-8-7-9-11-19/h7-17H,18,28H2,1-6H3. The van der Waals surface area contributed by atoms with Crippen LogP contribution in [0, 0.1) is 0 Å². The van der Waals surface area contributed by atoms with Gasteiger partial charge >= 0.3 is 0 Å². The highest BCUT2D eigenvalue weighted by Gasteiger charge is 2.25. The molecule has 0 atom stereocenters. The van der Waals surface area contributed by atoms with Crippen molar-refractivity contribution < 1.29 is 0 Å². The van der Waals surface area contributed by atoms with Crippen LogP contribution in [0.3, 0.4) is 0 Å². The highest BCUT2D eigenvalue weighted by Crippen LogP contribution is 2.39. The molecule has 0 saturated heterocycles. The van der Waals surface area contributed by atoms with E-state index >= 15 is 0 Å². The Labute approximate surface area is 170 Å². The number of rotatable bonds is 3. The first-order valence-corrected chi connectivity index (χ1v) is 10.1. The van der Waals surface area contributed by atoms with E-state index in [-0.39, 0.29) is 10.8 Å². The second-order valence-electron chi connectivity index (χ2n) is 9.70. The minimum atomic E-state index is 0.0561. The van der Waals surface area contributed by atoms with E-state index in [1.165, 1.54) is 38.9 Å². The minimum absolute atomic E-state index is 0.0561. The molecule has 0 fully saturated rings. The summed E-state index contributed by atoms with van der Waals surface area (Å²) in [6, 6.07) is 24.2. The molecule has 0 amide bonds. The van der Waals surface area contributed by atoms with Gasteiger partial charge in [-0.1, -0.05) is 102 Å². The van der Waals surface area contributed by atoms with Crippen LogP contribution >= 0.6 is 0 Å². The minimum Gasteiger partial charge on any atom is -0.326 e. The SMILES string of the molecule is CC(C)(C)c1cc(C(C)(C)C)c(-c2ccc(-c3ccccc3)cc2)cc1CN. The molecule has 0 unspecified atom stereocenters. The number of hydrogen-bond donors (Lipinski definition) is 1. The highest BCUT2D eigenvalue weighted by molar-refractivity contribution is 5.74. The molecule has 0 aliphatic carbocycles. The van der Waals surface area contributed by atoms with Crippen LogP contribution < -0.4 is 5.73 Å². The van der Waals surface area contributed by atoms with Gasteiger partial charge in [-0.05, 0) is 55.8 Å². The van der Waals surface area contributed by atoms with Crippen LogP contribution in [-0.2, 0) is 17.4 Å². The third-order valence-corrected chi connectivity index (χ3v) is 5.38. The van der Waals surface area contributed by atoms with Crippen molar-refractivity contribution in [3.63, 3.8) is 0 Å². The van der Waals surface area contributed by atoms with Crippen LogP contribution in [0.5, 0.6) is 0 Å². The van der Waals surface area contributed by atoms with Gasteiger partial charge in [-0.3, -0.25) is 0 Å². The lowest BCUT2D eigenvalue weighted by Gasteiger charge is -2.30. The van der Waals surface area contributed by atoms with Crippen molar-refractivity contribution in [2.45, 2.75) is 58.9 Å². The summed E-state index contributed by atoms with van der Waals surface area (Å²) >= 11 is 0. The van der Waals surface area contributed by atoms with Crippen LogP contribution in [-0.4, -0.2) is 0 Å². The Hall–Kier alpha value is -2.38. The molecule has 2 N–H and O–H groups in total. The molecule has 0 bridgehead atoms. The summed E-state index contributed by atoms with van der Waals surface area (Å²) in [6.45, 7) is 14.2. The molecule has 0 saturated carbocycles. The second-order valence-corrected chi connectivity index (χ2v) is 9.70. The summed E-state index contributed by atoms with van der Waals surface area (Å²) in [7, 11) is 0. The first kappa shape index (κ1) is 20.4. The van der Waals surface area contributed by atoms with Gasteiger partial charge in [0.15, 0.2) is 0 Å². The van der Waals surface area contributed by atoms with E-state index in [0.717, 1.165) is 0 Å². The van der Waals surface area contributed by atoms with Gasteiger partial charge in [0.25, 0.3) is 0 Å². The molecule has 0 radical (unpaired) electrons. The molecule has 0 aliphatic heterocycles. The van der Waals surface area contributed by atoms with E-state index in [0.29, 0.717) is 6.54 Å². The molecule has 0 spiro atoms. The Morgan fingerprint density at radius 3 is 1.61 bits per heavy atom. The van der Waals surface area contributed by atoms with Gasteiger partial charge in [-0.2, -0.15) is 0 Å². The quantitative estimate of drug-likeness (QED) is 0.523. The fourth-order valence-corrected chi connectivity index (χ4v) is 3.84. The lowest BCUT2D eigenvalue weighted by molar-refractivity contribution is 0.564. The van der Waals surface area contributed by atoms with Crippen LogP contribution in [0.4, 0.5) is 0 Å². The van der Waals surface area contributed by atoms with Crippen LogP contribution in [0.2, 0.25) is 0 Å². The first-order chi connectivity index (χ1) is 13.1. The van der Waals surface area contributed by atoms with E-state index in [1.807, 2.05) is 0 Å². The van der Waals surface area contributed by atoms with E-state index in [4.69, 9.17) is 5.73 Å². The van der Waals surface area contributed by atoms with Crippen LogP contribution in [0.15, 0.2) is 66.7 Å². The monoisotopic (exact) mass is 371 g/mol. The maximum absolute atomic E-state index is 6.15. The average Bonchev–Trinajstić information content (AvgIpc) is 2.66. The predicted molar refractivity (Wildman–Crippen MR) is 123 cm³/mol. The summed E-state index contributed by atoms with van der Waals surface area (Å²) in [5.74, 6) is 0. The van der Waals surface area contributed by atoms with Crippen molar-refractivity contribution in [3.8, 4) is 22.3 Å². The second kappa shape index (κ2) is 7.56. The van der Waals surface area contributed by atoms with E-state index in [1.54, 1.807) is 0 Å². The smallest absolute Gasteiger partial charge is 0.0181 e. The molecule has 28 heavy (non-hydrogen) atoms. The molecule has 0 aromatic heterocycles. The Kier molecular flexibility index (Phi) is 5.50. The van der Waals surface area contributed by atoms with Crippen molar-refractivity contribution in [1.82, 2.24) is 0 Å². The third-order valence-electron chi connectivity index (χ3n) is 5.38. The largest absolute Gasteiger partial charge is 0.326 e. The van der Waals surface area contributed by atoms with Crippen molar-refractivity contribution in [2.75, 3.05) is 0 Å². The topological polar surface area (TPSA) is 26.0 Å². The summed E-state index contributed by atoms with van der Waals surface area (Å²) < 4.78 is 0. The molecule has 0 aliphatic rings. The maximum Gasteiger partial charge on any atom is 0.0181 e. The zero-order valence-electron chi connectivity index (χ0n) is 18.1.